The third-order valence-corrected chi connectivity index (χ3v) is 4.31. The number of nitrogens with one attached hydrogen (secondary N) is 1. The fraction of sp³-hybridized carbons (Fsp3) is 0.150. The van der Waals surface area contributed by atoms with Crippen molar-refractivity contribution < 1.29 is 4.79 Å². The van der Waals surface area contributed by atoms with Gasteiger partial charge in [0.25, 0.3) is 5.91 Å². The molecule has 0 saturated carbocycles. The SMILES string of the molecule is O=C(NCc1ccc(Cn2cncn2)cc1)c1ccc(Cn2cncn2)cc1. The lowest BCUT2D eigenvalue weighted by molar-refractivity contribution is 0.0951. The van der Waals surface area contributed by atoms with Gasteiger partial charge in [-0.25, -0.2) is 19.3 Å². The summed E-state index contributed by atoms with van der Waals surface area (Å²) in [5.74, 6) is -0.0982. The highest BCUT2D eigenvalue weighted by molar-refractivity contribution is 5.94. The predicted molar refractivity (Wildman–Crippen MR) is 102 cm³/mol. The zero-order valence-corrected chi connectivity index (χ0v) is 15.1. The van der Waals surface area contributed by atoms with Crippen LogP contribution >= 0.6 is 0 Å². The Morgan fingerprint density at radius 2 is 1.25 bits per heavy atom. The topological polar surface area (TPSA) is 90.5 Å². The van der Waals surface area contributed by atoms with Crippen molar-refractivity contribution >= 4 is 5.91 Å². The van der Waals surface area contributed by atoms with E-state index in [0.29, 0.717) is 25.2 Å². The van der Waals surface area contributed by atoms with E-state index in [1.54, 1.807) is 22.0 Å². The molecule has 0 aliphatic rings. The fourth-order valence-electron chi connectivity index (χ4n) is 2.81. The molecule has 2 aromatic carbocycles. The maximum atomic E-state index is 12.4. The van der Waals surface area contributed by atoms with Crippen LogP contribution in [0.15, 0.2) is 73.8 Å². The van der Waals surface area contributed by atoms with Crippen LogP contribution in [0.4, 0.5) is 0 Å². The minimum absolute atomic E-state index is 0.0982. The van der Waals surface area contributed by atoms with E-state index in [1.807, 2.05) is 48.5 Å². The van der Waals surface area contributed by atoms with E-state index < -0.39 is 0 Å². The van der Waals surface area contributed by atoms with Gasteiger partial charge in [0.1, 0.15) is 25.3 Å². The summed E-state index contributed by atoms with van der Waals surface area (Å²) in [6, 6.07) is 15.6. The third-order valence-electron chi connectivity index (χ3n) is 4.31. The van der Waals surface area contributed by atoms with Crippen molar-refractivity contribution in [2.45, 2.75) is 19.6 Å². The van der Waals surface area contributed by atoms with Crippen LogP contribution in [0.25, 0.3) is 0 Å². The summed E-state index contributed by atoms with van der Waals surface area (Å²) in [6.07, 6.45) is 6.37. The Kier molecular flexibility index (Phi) is 5.19. The minimum Gasteiger partial charge on any atom is -0.348 e. The molecule has 0 unspecified atom stereocenters. The second kappa shape index (κ2) is 8.26. The van der Waals surface area contributed by atoms with Gasteiger partial charge in [0.2, 0.25) is 0 Å². The summed E-state index contributed by atoms with van der Waals surface area (Å²) in [6.45, 7) is 1.78. The molecule has 0 saturated heterocycles. The average Bonchev–Trinajstić information content (AvgIpc) is 3.42. The van der Waals surface area contributed by atoms with Crippen molar-refractivity contribution in [3.8, 4) is 0 Å². The Bertz CT molecular complexity index is 1010. The highest BCUT2D eigenvalue weighted by Crippen LogP contribution is 2.08. The molecule has 0 atom stereocenters. The van der Waals surface area contributed by atoms with Crippen molar-refractivity contribution in [1.29, 1.82) is 0 Å². The van der Waals surface area contributed by atoms with Crippen LogP contribution in [0.2, 0.25) is 0 Å². The van der Waals surface area contributed by atoms with Gasteiger partial charge in [-0.2, -0.15) is 10.2 Å². The van der Waals surface area contributed by atoms with Crippen LogP contribution in [0, 0.1) is 0 Å². The van der Waals surface area contributed by atoms with Crippen LogP contribution < -0.4 is 5.32 Å². The van der Waals surface area contributed by atoms with Crippen LogP contribution in [0.1, 0.15) is 27.0 Å². The molecule has 2 heterocycles. The van der Waals surface area contributed by atoms with Crippen LogP contribution in [-0.2, 0) is 19.6 Å². The number of hydrogen-bond acceptors (Lipinski definition) is 5. The number of nitrogens with zero attached hydrogens (tertiary/aromatic N) is 6. The largest absolute Gasteiger partial charge is 0.348 e. The molecule has 8 nitrogen and oxygen atoms in total. The van der Waals surface area contributed by atoms with Gasteiger partial charge in [0.15, 0.2) is 0 Å². The lowest BCUT2D eigenvalue weighted by Crippen LogP contribution is -2.22. The van der Waals surface area contributed by atoms with Crippen LogP contribution in [0.3, 0.4) is 0 Å². The molecule has 28 heavy (non-hydrogen) atoms. The Balaban J connectivity index is 1.30. The first-order chi connectivity index (χ1) is 13.8. The molecule has 4 aromatic rings. The Morgan fingerprint density at radius 3 is 1.75 bits per heavy atom. The van der Waals surface area contributed by atoms with Crippen molar-refractivity contribution in [3.05, 3.63) is 96.1 Å². The second-order valence-electron chi connectivity index (χ2n) is 6.38. The minimum atomic E-state index is -0.0982. The molecule has 0 spiro atoms. The van der Waals surface area contributed by atoms with Crippen LogP contribution in [0.5, 0.6) is 0 Å². The zero-order valence-electron chi connectivity index (χ0n) is 15.1. The summed E-state index contributed by atoms with van der Waals surface area (Å²) in [5, 5.41) is 11.1. The van der Waals surface area contributed by atoms with E-state index in [9.17, 15) is 4.79 Å². The molecule has 0 radical (unpaired) electrons. The van der Waals surface area contributed by atoms with Gasteiger partial charge in [0.05, 0.1) is 13.1 Å². The van der Waals surface area contributed by atoms with Gasteiger partial charge < -0.3 is 5.32 Å². The number of rotatable bonds is 7. The van der Waals surface area contributed by atoms with E-state index in [0.717, 1.165) is 16.7 Å². The molecular weight excluding hydrogens is 354 g/mol. The normalized spacial score (nSPS) is 10.7. The van der Waals surface area contributed by atoms with Crippen molar-refractivity contribution in [2.24, 2.45) is 0 Å². The fourth-order valence-corrected chi connectivity index (χ4v) is 2.81. The molecule has 0 bridgehead atoms. The van der Waals surface area contributed by atoms with Gasteiger partial charge in [-0.05, 0) is 28.8 Å². The van der Waals surface area contributed by atoms with Crippen molar-refractivity contribution in [1.82, 2.24) is 34.8 Å². The first kappa shape index (κ1) is 17.6. The zero-order chi connectivity index (χ0) is 19.2. The molecule has 140 valence electrons. The third kappa shape index (κ3) is 4.47. The van der Waals surface area contributed by atoms with Gasteiger partial charge in [0, 0.05) is 12.1 Å². The molecule has 8 heteroatoms. The molecular formula is C20H19N7O. The first-order valence-electron chi connectivity index (χ1n) is 8.86. The van der Waals surface area contributed by atoms with E-state index in [1.165, 1.54) is 12.7 Å². The smallest absolute Gasteiger partial charge is 0.251 e. The van der Waals surface area contributed by atoms with E-state index >= 15 is 0 Å². The molecule has 0 aliphatic carbocycles. The summed E-state index contributed by atoms with van der Waals surface area (Å²) in [4.78, 5) is 20.2. The molecule has 0 fully saturated rings. The summed E-state index contributed by atoms with van der Waals surface area (Å²) < 4.78 is 3.50. The lowest BCUT2D eigenvalue weighted by Gasteiger charge is -2.08. The molecule has 4 rings (SSSR count). The maximum Gasteiger partial charge on any atom is 0.251 e. The van der Waals surface area contributed by atoms with Crippen LogP contribution in [-0.4, -0.2) is 35.4 Å². The highest BCUT2D eigenvalue weighted by Gasteiger charge is 2.06. The van der Waals surface area contributed by atoms with Gasteiger partial charge in [-0.3, -0.25) is 4.79 Å². The summed E-state index contributed by atoms with van der Waals surface area (Å²) >= 11 is 0. The van der Waals surface area contributed by atoms with Gasteiger partial charge in [-0.1, -0.05) is 36.4 Å². The van der Waals surface area contributed by atoms with Crippen molar-refractivity contribution in [3.63, 3.8) is 0 Å². The van der Waals surface area contributed by atoms with E-state index in [4.69, 9.17) is 0 Å². The molecule has 0 aliphatic heterocycles. The Labute approximate surface area is 161 Å². The van der Waals surface area contributed by atoms with E-state index in [-0.39, 0.29) is 5.91 Å². The quantitative estimate of drug-likeness (QED) is 0.534. The number of hydrogen-bond donors (Lipinski definition) is 1. The Hall–Kier alpha value is -3.81. The average molecular weight is 373 g/mol. The number of benzene rings is 2. The first-order valence-corrected chi connectivity index (χ1v) is 8.86. The number of carbonyl (C=O) groups is 1. The number of carbonyl (C=O) groups excluding carboxylic acids is 1. The lowest BCUT2D eigenvalue weighted by atomic mass is 10.1. The van der Waals surface area contributed by atoms with Gasteiger partial charge in [-0.15, -0.1) is 0 Å². The molecule has 1 N–H and O–H groups in total. The summed E-state index contributed by atoms with van der Waals surface area (Å²) in [5.41, 5.74) is 3.86. The predicted octanol–water partition coefficient (Wildman–Crippen LogP) is 1.90. The maximum absolute atomic E-state index is 12.4. The van der Waals surface area contributed by atoms with Crippen molar-refractivity contribution in [2.75, 3.05) is 0 Å². The number of amides is 1. The number of aromatic nitrogens is 6. The molecule has 1 amide bonds. The Morgan fingerprint density at radius 1 is 0.750 bits per heavy atom. The second-order valence-corrected chi connectivity index (χ2v) is 6.38. The monoisotopic (exact) mass is 373 g/mol. The molecule has 2 aromatic heterocycles. The summed E-state index contributed by atoms with van der Waals surface area (Å²) in [7, 11) is 0. The van der Waals surface area contributed by atoms with E-state index in [2.05, 4.69) is 25.5 Å². The van der Waals surface area contributed by atoms with Gasteiger partial charge >= 0.3 is 0 Å². The highest BCUT2D eigenvalue weighted by atomic mass is 16.1. The standard InChI is InChI=1S/C20H19N7O/c28-20(19-7-5-18(6-8-19)11-27-15-22-13-25-27)23-9-16-1-3-17(4-2-16)10-26-14-21-12-24-26/h1-8,12-15H,9-11H2,(H,23,28).